The van der Waals surface area contributed by atoms with Gasteiger partial charge in [-0.15, -0.1) is 11.3 Å². The third-order valence-corrected chi connectivity index (χ3v) is 6.76. The van der Waals surface area contributed by atoms with Gasteiger partial charge in [-0.1, -0.05) is 6.42 Å². The van der Waals surface area contributed by atoms with Crippen molar-refractivity contribution >= 4 is 23.3 Å². The van der Waals surface area contributed by atoms with Crippen LogP contribution in [0.2, 0.25) is 0 Å². The van der Waals surface area contributed by atoms with E-state index in [0.29, 0.717) is 0 Å². The number of nitrogens with one attached hydrogen (secondary N) is 1. The molecule has 0 atom stereocenters. The molecule has 1 N–H and O–H groups in total. The molecule has 1 aromatic heterocycles. The number of piperidine rings is 1. The zero-order chi connectivity index (χ0) is 16.5. The van der Waals surface area contributed by atoms with Crippen molar-refractivity contribution in [2.75, 3.05) is 26.2 Å². The van der Waals surface area contributed by atoms with Crippen molar-refractivity contribution in [2.24, 2.45) is 0 Å². The van der Waals surface area contributed by atoms with Crippen LogP contribution in [-0.4, -0.2) is 54.0 Å². The number of carbonyl (C=O) groups excluding carboxylic acids is 2. The number of carbonyl (C=O) groups is 2. The Morgan fingerprint density at radius 1 is 1.12 bits per heavy atom. The Balaban J connectivity index is 1.38. The molecule has 2 fully saturated rings. The maximum atomic E-state index is 12.8. The minimum Gasteiger partial charge on any atom is -0.338 e. The zero-order valence-corrected chi connectivity index (χ0v) is 14.9. The Morgan fingerprint density at radius 3 is 2.67 bits per heavy atom. The van der Waals surface area contributed by atoms with Gasteiger partial charge in [0.1, 0.15) is 0 Å². The molecule has 1 aliphatic carbocycles. The van der Waals surface area contributed by atoms with Gasteiger partial charge >= 0.3 is 6.03 Å². The molecule has 0 unspecified atom stereocenters. The van der Waals surface area contributed by atoms with Crippen LogP contribution < -0.4 is 5.32 Å². The standard InChI is InChI=1S/C18H25N3O2S/c22-17(16-12-13-4-2-1-3-5-15(13)24-16)20-9-6-14(7-10-20)21-11-8-19-18(21)23/h12,14H,1-11H2,(H,19,23). The molecule has 130 valence electrons. The Kier molecular flexibility index (Phi) is 4.48. The molecule has 3 aliphatic rings. The lowest BCUT2D eigenvalue weighted by Gasteiger charge is -2.36. The van der Waals surface area contributed by atoms with Gasteiger partial charge in [0.05, 0.1) is 4.88 Å². The van der Waals surface area contributed by atoms with E-state index in [1.54, 1.807) is 11.3 Å². The smallest absolute Gasteiger partial charge is 0.317 e. The average Bonchev–Trinajstić information content (AvgIpc) is 3.15. The summed E-state index contributed by atoms with van der Waals surface area (Å²) >= 11 is 1.71. The number of thiophene rings is 1. The molecule has 2 aliphatic heterocycles. The van der Waals surface area contributed by atoms with E-state index >= 15 is 0 Å². The van der Waals surface area contributed by atoms with Crippen molar-refractivity contribution in [1.29, 1.82) is 0 Å². The van der Waals surface area contributed by atoms with Crippen LogP contribution in [0, 0.1) is 0 Å². The highest BCUT2D eigenvalue weighted by molar-refractivity contribution is 7.14. The first-order valence-electron chi connectivity index (χ1n) is 9.18. The van der Waals surface area contributed by atoms with Gasteiger partial charge in [0.25, 0.3) is 5.91 Å². The molecule has 0 bridgehead atoms. The molecular weight excluding hydrogens is 322 g/mol. The molecule has 1 aromatic rings. The molecule has 6 heteroatoms. The van der Waals surface area contributed by atoms with E-state index in [1.165, 1.54) is 29.7 Å². The van der Waals surface area contributed by atoms with Gasteiger partial charge in [-0.25, -0.2) is 4.79 Å². The third-order valence-electron chi connectivity index (χ3n) is 5.54. The van der Waals surface area contributed by atoms with Gasteiger partial charge in [0, 0.05) is 37.1 Å². The summed E-state index contributed by atoms with van der Waals surface area (Å²) in [7, 11) is 0. The van der Waals surface area contributed by atoms with Gasteiger partial charge in [-0.3, -0.25) is 4.79 Å². The second-order valence-electron chi connectivity index (χ2n) is 7.07. The predicted octanol–water partition coefficient (Wildman–Crippen LogP) is 2.65. The van der Waals surface area contributed by atoms with Gasteiger partial charge < -0.3 is 15.1 Å². The number of nitrogens with zero attached hydrogens (tertiary/aromatic N) is 2. The first kappa shape index (κ1) is 15.9. The molecule has 24 heavy (non-hydrogen) atoms. The van der Waals surface area contributed by atoms with Crippen molar-refractivity contribution in [3.63, 3.8) is 0 Å². The molecule has 4 rings (SSSR count). The number of amides is 3. The predicted molar refractivity (Wildman–Crippen MR) is 94.6 cm³/mol. The van der Waals surface area contributed by atoms with Crippen LogP contribution in [0.5, 0.6) is 0 Å². The molecule has 0 aromatic carbocycles. The van der Waals surface area contributed by atoms with E-state index in [9.17, 15) is 9.59 Å². The highest BCUT2D eigenvalue weighted by atomic mass is 32.1. The summed E-state index contributed by atoms with van der Waals surface area (Å²) in [4.78, 5) is 30.9. The summed E-state index contributed by atoms with van der Waals surface area (Å²) in [6.07, 6.45) is 7.87. The van der Waals surface area contributed by atoms with E-state index in [1.807, 2.05) is 9.80 Å². The van der Waals surface area contributed by atoms with Gasteiger partial charge in [-0.2, -0.15) is 0 Å². The number of aryl methyl sites for hydroxylation is 2. The molecular formula is C18H25N3O2S. The Bertz CT molecular complexity index is 611. The Morgan fingerprint density at radius 2 is 1.92 bits per heavy atom. The van der Waals surface area contributed by atoms with Crippen molar-refractivity contribution in [3.05, 3.63) is 21.4 Å². The van der Waals surface area contributed by atoms with E-state index in [2.05, 4.69) is 11.4 Å². The molecule has 5 nitrogen and oxygen atoms in total. The fourth-order valence-electron chi connectivity index (χ4n) is 4.14. The van der Waals surface area contributed by atoms with Crippen LogP contribution in [0.15, 0.2) is 6.07 Å². The summed E-state index contributed by atoms with van der Waals surface area (Å²) < 4.78 is 0. The van der Waals surface area contributed by atoms with Crippen LogP contribution in [0.3, 0.4) is 0 Å². The molecule has 3 heterocycles. The third kappa shape index (κ3) is 3.04. The monoisotopic (exact) mass is 347 g/mol. The molecule has 0 saturated carbocycles. The van der Waals surface area contributed by atoms with Gasteiger partial charge in [0.2, 0.25) is 0 Å². The van der Waals surface area contributed by atoms with Crippen molar-refractivity contribution in [3.8, 4) is 0 Å². The van der Waals surface area contributed by atoms with Crippen molar-refractivity contribution in [2.45, 2.75) is 51.0 Å². The minimum absolute atomic E-state index is 0.0572. The summed E-state index contributed by atoms with van der Waals surface area (Å²) in [5.41, 5.74) is 1.41. The van der Waals surface area contributed by atoms with Crippen molar-refractivity contribution in [1.82, 2.24) is 15.1 Å². The molecule has 2 saturated heterocycles. The number of rotatable bonds is 2. The van der Waals surface area contributed by atoms with Crippen LogP contribution in [0.1, 0.15) is 52.2 Å². The number of hydrogen-bond acceptors (Lipinski definition) is 3. The maximum Gasteiger partial charge on any atom is 0.317 e. The highest BCUT2D eigenvalue weighted by Gasteiger charge is 2.32. The summed E-state index contributed by atoms with van der Waals surface area (Å²) in [6, 6.07) is 2.49. The average molecular weight is 347 g/mol. The summed E-state index contributed by atoms with van der Waals surface area (Å²) in [5.74, 6) is 0.192. The van der Waals surface area contributed by atoms with Gasteiger partial charge in [-0.05, 0) is 50.2 Å². The Labute approximate surface area is 147 Å². The lowest BCUT2D eigenvalue weighted by atomic mass is 10.0. The molecule has 3 amide bonds. The van der Waals surface area contributed by atoms with Crippen molar-refractivity contribution < 1.29 is 9.59 Å². The van der Waals surface area contributed by atoms with Gasteiger partial charge in [0.15, 0.2) is 0 Å². The molecule has 0 radical (unpaired) electrons. The zero-order valence-electron chi connectivity index (χ0n) is 14.1. The van der Waals surface area contributed by atoms with E-state index in [0.717, 1.165) is 56.7 Å². The first-order valence-corrected chi connectivity index (χ1v) is 9.99. The van der Waals surface area contributed by atoms with E-state index < -0.39 is 0 Å². The SMILES string of the molecule is O=C(c1cc2c(s1)CCCCC2)N1CCC(N2CCNC2=O)CC1. The second-order valence-corrected chi connectivity index (χ2v) is 8.21. The lowest BCUT2D eigenvalue weighted by molar-refractivity contribution is 0.0671. The number of likely N-dealkylation sites (tertiary alicyclic amines) is 1. The molecule has 0 spiro atoms. The highest BCUT2D eigenvalue weighted by Crippen LogP contribution is 2.30. The van der Waals surface area contributed by atoms with Crippen LogP contribution in [0.25, 0.3) is 0 Å². The van der Waals surface area contributed by atoms with Crippen LogP contribution in [-0.2, 0) is 12.8 Å². The largest absolute Gasteiger partial charge is 0.338 e. The number of fused-ring (bicyclic) bond motifs is 1. The summed E-state index contributed by atoms with van der Waals surface area (Å²) in [5, 5.41) is 2.87. The number of urea groups is 1. The Hall–Kier alpha value is -1.56. The van der Waals surface area contributed by atoms with E-state index in [-0.39, 0.29) is 18.0 Å². The normalized spacial score (nSPS) is 22.2. The van der Waals surface area contributed by atoms with Crippen LogP contribution in [0.4, 0.5) is 4.79 Å². The fraction of sp³-hybridized carbons (Fsp3) is 0.667. The number of hydrogen-bond donors (Lipinski definition) is 1. The quantitative estimate of drug-likeness (QED) is 0.836. The topological polar surface area (TPSA) is 52.7 Å². The van der Waals surface area contributed by atoms with E-state index in [4.69, 9.17) is 0 Å². The minimum atomic E-state index is 0.0572. The van der Waals surface area contributed by atoms with Crippen LogP contribution >= 0.6 is 11.3 Å². The lowest BCUT2D eigenvalue weighted by Crippen LogP contribution is -2.47. The first-order chi connectivity index (χ1) is 11.7. The maximum absolute atomic E-state index is 12.8. The second kappa shape index (κ2) is 6.75. The fourth-order valence-corrected chi connectivity index (χ4v) is 5.37. The summed E-state index contributed by atoms with van der Waals surface area (Å²) in [6.45, 7) is 3.07.